The number of fused-ring (bicyclic) bond motifs is 1. The molecule has 0 aliphatic carbocycles. The fourth-order valence-corrected chi connectivity index (χ4v) is 1.50. The summed E-state index contributed by atoms with van der Waals surface area (Å²) in [5.74, 6) is 0.0156. The molecule has 4 N–H and O–H groups in total. The summed E-state index contributed by atoms with van der Waals surface area (Å²) in [6.45, 7) is 3.41. The van der Waals surface area contributed by atoms with Crippen LogP contribution in [-0.4, -0.2) is 31.2 Å². The maximum absolute atomic E-state index is 11.7. The van der Waals surface area contributed by atoms with E-state index in [1.54, 1.807) is 0 Å². The molecule has 2 aromatic heterocycles. The third-order valence-electron chi connectivity index (χ3n) is 2.27. The van der Waals surface area contributed by atoms with E-state index < -0.39 is 6.04 Å². The number of aromatic nitrogens is 4. The lowest BCUT2D eigenvalue weighted by Crippen LogP contribution is -2.17. The Morgan fingerprint density at radius 3 is 3.12 bits per heavy atom. The third kappa shape index (κ3) is 1.47. The number of nitrogen functional groups attached to an aromatic ring is 1. The predicted octanol–water partition coefficient (Wildman–Crippen LogP) is -0.579. The second kappa shape index (κ2) is 3.78. The van der Waals surface area contributed by atoms with Gasteiger partial charge in [-0.25, -0.2) is 4.98 Å². The molecule has 84 valence electrons. The largest absolute Gasteiger partial charge is 0.394 e. The molecule has 0 aliphatic heterocycles. The van der Waals surface area contributed by atoms with E-state index in [2.05, 4.69) is 21.5 Å². The highest BCUT2D eigenvalue weighted by Crippen LogP contribution is 2.13. The van der Waals surface area contributed by atoms with Gasteiger partial charge in [0, 0.05) is 0 Å². The van der Waals surface area contributed by atoms with E-state index in [4.69, 9.17) is 10.8 Å². The van der Waals surface area contributed by atoms with Crippen molar-refractivity contribution >= 4 is 17.1 Å². The van der Waals surface area contributed by atoms with Crippen LogP contribution in [0.25, 0.3) is 11.2 Å². The zero-order valence-electron chi connectivity index (χ0n) is 8.42. The van der Waals surface area contributed by atoms with Crippen LogP contribution in [0.5, 0.6) is 0 Å². The minimum atomic E-state index is -0.406. The first-order valence-electron chi connectivity index (χ1n) is 4.63. The Balaban J connectivity index is 2.73. The van der Waals surface area contributed by atoms with E-state index in [0.29, 0.717) is 0 Å². The lowest BCUT2D eigenvalue weighted by Gasteiger charge is -2.10. The van der Waals surface area contributed by atoms with E-state index in [0.717, 1.165) is 0 Å². The van der Waals surface area contributed by atoms with E-state index in [1.807, 2.05) is 0 Å². The minimum Gasteiger partial charge on any atom is -0.394 e. The summed E-state index contributed by atoms with van der Waals surface area (Å²) in [5.41, 5.74) is 5.52. The number of nitrogens with two attached hydrogens (primary N) is 1. The second-order valence-corrected chi connectivity index (χ2v) is 3.26. The molecule has 1 atom stereocenters. The van der Waals surface area contributed by atoms with Crippen molar-refractivity contribution in [1.82, 2.24) is 19.5 Å². The first kappa shape index (κ1) is 10.4. The quantitative estimate of drug-likeness (QED) is 0.601. The van der Waals surface area contributed by atoms with Gasteiger partial charge >= 0.3 is 0 Å². The molecule has 0 bridgehead atoms. The first-order valence-corrected chi connectivity index (χ1v) is 4.63. The SMILES string of the molecule is C=CC(CO)n1cnc2nc(N)[nH]c(=O)c21. The summed E-state index contributed by atoms with van der Waals surface area (Å²) < 4.78 is 1.51. The molecule has 2 aromatic rings. The fraction of sp³-hybridized carbons (Fsp3) is 0.222. The van der Waals surface area contributed by atoms with Crippen LogP contribution in [-0.2, 0) is 0 Å². The summed E-state index contributed by atoms with van der Waals surface area (Å²) in [6.07, 6.45) is 2.95. The van der Waals surface area contributed by atoms with E-state index in [-0.39, 0.29) is 29.3 Å². The normalized spacial score (nSPS) is 12.8. The standard InChI is InChI=1S/C9H11N5O2/c1-2-5(3-15)14-4-11-7-6(14)8(16)13-9(10)12-7/h2,4-5,15H,1,3H2,(H3,10,12,13,16). The molecular weight excluding hydrogens is 210 g/mol. The average Bonchev–Trinajstić information content (AvgIpc) is 2.64. The van der Waals surface area contributed by atoms with Gasteiger partial charge in [-0.3, -0.25) is 9.78 Å². The van der Waals surface area contributed by atoms with Crippen molar-refractivity contribution in [1.29, 1.82) is 0 Å². The number of aliphatic hydroxyl groups excluding tert-OH is 1. The van der Waals surface area contributed by atoms with Gasteiger partial charge < -0.3 is 15.4 Å². The Morgan fingerprint density at radius 1 is 1.75 bits per heavy atom. The van der Waals surface area contributed by atoms with Crippen molar-refractivity contribution in [2.24, 2.45) is 0 Å². The molecule has 0 radical (unpaired) electrons. The number of hydrogen-bond acceptors (Lipinski definition) is 5. The summed E-state index contributed by atoms with van der Waals surface area (Å²) in [4.78, 5) is 21.9. The van der Waals surface area contributed by atoms with Crippen molar-refractivity contribution in [3.63, 3.8) is 0 Å². The Hall–Kier alpha value is -2.15. The topological polar surface area (TPSA) is 110 Å². The fourth-order valence-electron chi connectivity index (χ4n) is 1.50. The van der Waals surface area contributed by atoms with Crippen LogP contribution in [0.15, 0.2) is 23.8 Å². The molecule has 1 unspecified atom stereocenters. The number of H-pyrrole nitrogens is 1. The molecular formula is C9H11N5O2. The summed E-state index contributed by atoms with van der Waals surface area (Å²) in [7, 11) is 0. The van der Waals surface area contributed by atoms with Crippen LogP contribution in [0.2, 0.25) is 0 Å². The van der Waals surface area contributed by atoms with Gasteiger partial charge in [0.05, 0.1) is 19.0 Å². The first-order chi connectivity index (χ1) is 7.67. The smallest absolute Gasteiger partial charge is 0.278 e. The molecule has 0 saturated heterocycles. The minimum absolute atomic E-state index is 0.0156. The molecule has 0 fully saturated rings. The van der Waals surface area contributed by atoms with Crippen molar-refractivity contribution in [2.45, 2.75) is 6.04 Å². The zero-order valence-corrected chi connectivity index (χ0v) is 8.42. The third-order valence-corrected chi connectivity index (χ3v) is 2.27. The highest BCUT2D eigenvalue weighted by molar-refractivity contribution is 5.70. The van der Waals surface area contributed by atoms with Crippen LogP contribution in [0.1, 0.15) is 6.04 Å². The van der Waals surface area contributed by atoms with Crippen molar-refractivity contribution in [2.75, 3.05) is 12.3 Å². The molecule has 0 spiro atoms. The van der Waals surface area contributed by atoms with Crippen LogP contribution in [0.4, 0.5) is 5.95 Å². The number of hydrogen-bond donors (Lipinski definition) is 3. The number of aromatic amines is 1. The summed E-state index contributed by atoms with van der Waals surface area (Å²) in [6, 6.07) is -0.406. The lowest BCUT2D eigenvalue weighted by molar-refractivity contribution is 0.255. The highest BCUT2D eigenvalue weighted by atomic mass is 16.3. The number of nitrogens with one attached hydrogen (secondary N) is 1. The Kier molecular flexibility index (Phi) is 2.45. The Bertz CT molecular complexity index is 585. The van der Waals surface area contributed by atoms with Gasteiger partial charge in [-0.05, 0) is 0 Å². The Morgan fingerprint density at radius 2 is 2.50 bits per heavy atom. The number of anilines is 1. The molecule has 0 amide bonds. The average molecular weight is 221 g/mol. The molecule has 2 heterocycles. The van der Waals surface area contributed by atoms with Gasteiger partial charge in [0.1, 0.15) is 0 Å². The van der Waals surface area contributed by atoms with Gasteiger partial charge in [0.25, 0.3) is 5.56 Å². The van der Waals surface area contributed by atoms with Crippen LogP contribution in [0.3, 0.4) is 0 Å². The molecule has 7 heteroatoms. The summed E-state index contributed by atoms with van der Waals surface area (Å²) in [5, 5.41) is 9.13. The maximum atomic E-state index is 11.7. The van der Waals surface area contributed by atoms with Gasteiger partial charge in [-0.2, -0.15) is 4.98 Å². The van der Waals surface area contributed by atoms with Crippen LogP contribution in [0, 0.1) is 0 Å². The molecule has 2 rings (SSSR count). The highest BCUT2D eigenvalue weighted by Gasteiger charge is 2.14. The molecule has 0 saturated carbocycles. The van der Waals surface area contributed by atoms with Gasteiger partial charge in [-0.1, -0.05) is 6.08 Å². The molecule has 0 aliphatic rings. The summed E-state index contributed by atoms with van der Waals surface area (Å²) >= 11 is 0. The van der Waals surface area contributed by atoms with Crippen LogP contribution < -0.4 is 11.3 Å². The van der Waals surface area contributed by atoms with E-state index in [9.17, 15) is 4.79 Å². The lowest BCUT2D eigenvalue weighted by atomic mass is 10.3. The van der Waals surface area contributed by atoms with Crippen LogP contribution >= 0.6 is 0 Å². The maximum Gasteiger partial charge on any atom is 0.278 e. The molecule has 16 heavy (non-hydrogen) atoms. The van der Waals surface area contributed by atoms with Gasteiger partial charge in [0.2, 0.25) is 5.95 Å². The second-order valence-electron chi connectivity index (χ2n) is 3.26. The Labute approximate surface area is 90.3 Å². The van der Waals surface area contributed by atoms with Crippen molar-refractivity contribution in [3.8, 4) is 0 Å². The van der Waals surface area contributed by atoms with E-state index >= 15 is 0 Å². The predicted molar refractivity (Wildman–Crippen MR) is 58.9 cm³/mol. The van der Waals surface area contributed by atoms with Gasteiger partial charge in [-0.15, -0.1) is 6.58 Å². The zero-order chi connectivity index (χ0) is 11.7. The molecule has 7 nitrogen and oxygen atoms in total. The van der Waals surface area contributed by atoms with Gasteiger partial charge in [0.15, 0.2) is 11.2 Å². The van der Waals surface area contributed by atoms with Crippen molar-refractivity contribution in [3.05, 3.63) is 29.3 Å². The van der Waals surface area contributed by atoms with E-state index in [1.165, 1.54) is 17.0 Å². The monoisotopic (exact) mass is 221 g/mol. The molecule has 0 aromatic carbocycles. The number of nitrogens with zero attached hydrogens (tertiary/aromatic N) is 3. The number of imidazole rings is 1. The number of aliphatic hydroxyl groups is 1. The van der Waals surface area contributed by atoms with Crippen molar-refractivity contribution < 1.29 is 5.11 Å². The number of rotatable bonds is 3.